The molecule has 6 nitrogen and oxygen atoms in total. The molecule has 0 radical (unpaired) electrons. The van der Waals surface area contributed by atoms with E-state index in [1.165, 1.54) is 0 Å². The fourth-order valence-corrected chi connectivity index (χ4v) is 3.52. The molecule has 0 unspecified atom stereocenters. The number of fused-ring (bicyclic) bond motifs is 3. The first-order valence-corrected chi connectivity index (χ1v) is 8.21. The van der Waals surface area contributed by atoms with Crippen LogP contribution in [0.5, 0.6) is 5.88 Å². The smallest absolute Gasteiger partial charge is 0.321 e. The van der Waals surface area contributed by atoms with Crippen molar-refractivity contribution in [2.45, 2.75) is 25.6 Å². The van der Waals surface area contributed by atoms with E-state index in [-0.39, 0.29) is 12.4 Å². The van der Waals surface area contributed by atoms with Crippen LogP contribution in [0.3, 0.4) is 0 Å². The average Bonchev–Trinajstić information content (AvgIpc) is 2.96. The number of carbonyl (C=O) groups is 1. The first-order chi connectivity index (χ1) is 12.2. The van der Waals surface area contributed by atoms with E-state index in [0.29, 0.717) is 25.4 Å². The Hall–Kier alpha value is -2.57. The molecule has 3 aromatic rings. The van der Waals surface area contributed by atoms with Gasteiger partial charge in [-0.3, -0.25) is 10.1 Å². The van der Waals surface area contributed by atoms with Crippen LogP contribution in [0, 0.1) is 0 Å². The predicted octanol–water partition coefficient (Wildman–Crippen LogP) is 2.61. The summed E-state index contributed by atoms with van der Waals surface area (Å²) < 4.78 is 7.37. The van der Waals surface area contributed by atoms with Gasteiger partial charge in [-0.2, -0.15) is 0 Å². The highest BCUT2D eigenvalue weighted by Crippen LogP contribution is 2.30. The number of methoxy groups -OCH3 is 1. The molecule has 3 heterocycles. The number of benzene rings is 1. The van der Waals surface area contributed by atoms with Gasteiger partial charge in [-0.05, 0) is 17.2 Å². The molecule has 0 aliphatic carbocycles. The van der Waals surface area contributed by atoms with Crippen molar-refractivity contribution in [2.75, 3.05) is 7.11 Å². The topological polar surface area (TPSA) is 76.4 Å². The van der Waals surface area contributed by atoms with Crippen LogP contribution in [-0.4, -0.2) is 33.8 Å². The summed E-state index contributed by atoms with van der Waals surface area (Å²) >= 11 is 0. The summed E-state index contributed by atoms with van der Waals surface area (Å²) in [6.45, 7) is 1.23. The lowest BCUT2D eigenvalue weighted by molar-refractivity contribution is -0.139. The van der Waals surface area contributed by atoms with Crippen LogP contribution in [0.4, 0.5) is 0 Å². The Bertz CT molecular complexity index is 937. The normalized spacial score (nSPS) is 16.0. The minimum Gasteiger partial charge on any atom is -0.481 e. The molecule has 0 spiro atoms. The number of pyridine rings is 1. The van der Waals surface area contributed by atoms with Crippen LogP contribution in [0.1, 0.15) is 16.8 Å². The van der Waals surface area contributed by atoms with E-state index >= 15 is 0 Å². The highest BCUT2D eigenvalue weighted by Gasteiger charge is 2.28. The number of ether oxygens (including phenoxy) is 1. The lowest BCUT2D eigenvalue weighted by Crippen LogP contribution is -2.42. The summed E-state index contributed by atoms with van der Waals surface area (Å²) in [6, 6.07) is 11.5. The van der Waals surface area contributed by atoms with Gasteiger partial charge in [-0.15, -0.1) is 12.4 Å². The minimum absolute atomic E-state index is 0. The third-order valence-electron chi connectivity index (χ3n) is 4.76. The molecule has 1 aromatic carbocycles. The molecule has 2 N–H and O–H groups in total. The van der Waals surface area contributed by atoms with Gasteiger partial charge in [0.25, 0.3) is 0 Å². The van der Waals surface area contributed by atoms with Crippen LogP contribution < -0.4 is 10.1 Å². The number of aliphatic carboxylic acids is 1. The van der Waals surface area contributed by atoms with Gasteiger partial charge in [0.1, 0.15) is 6.04 Å². The van der Waals surface area contributed by atoms with Gasteiger partial charge >= 0.3 is 5.97 Å². The molecule has 0 saturated heterocycles. The lowest BCUT2D eigenvalue weighted by Gasteiger charge is -2.22. The number of carboxylic acids is 1. The predicted molar refractivity (Wildman–Crippen MR) is 101 cm³/mol. The lowest BCUT2D eigenvalue weighted by atomic mass is 9.99. The molecule has 1 atom stereocenters. The van der Waals surface area contributed by atoms with E-state index in [4.69, 9.17) is 4.74 Å². The summed E-state index contributed by atoms with van der Waals surface area (Å²) in [4.78, 5) is 15.6. The van der Waals surface area contributed by atoms with Crippen molar-refractivity contribution >= 4 is 29.3 Å². The van der Waals surface area contributed by atoms with Crippen LogP contribution in [-0.2, 0) is 24.3 Å². The number of nitrogens with zero attached hydrogens (tertiary/aromatic N) is 2. The van der Waals surface area contributed by atoms with Crippen molar-refractivity contribution in [1.82, 2.24) is 14.9 Å². The van der Waals surface area contributed by atoms with Crippen molar-refractivity contribution < 1.29 is 14.6 Å². The SMILES string of the molecule is COc1ccc(Cn2c3c(c4ccccc42)C[C@@H](C(=O)O)NC3)cn1.Cl. The number of carboxylic acid groups (broad SMARTS) is 1. The van der Waals surface area contributed by atoms with Crippen LogP contribution in [0.25, 0.3) is 10.9 Å². The van der Waals surface area contributed by atoms with Crippen molar-refractivity contribution in [2.24, 2.45) is 0 Å². The fourth-order valence-electron chi connectivity index (χ4n) is 3.52. The number of para-hydroxylation sites is 1. The Balaban J connectivity index is 0.00000196. The van der Waals surface area contributed by atoms with Crippen LogP contribution in [0.15, 0.2) is 42.6 Å². The van der Waals surface area contributed by atoms with E-state index in [0.717, 1.165) is 27.7 Å². The monoisotopic (exact) mass is 373 g/mol. The van der Waals surface area contributed by atoms with Gasteiger partial charge in [0.05, 0.1) is 7.11 Å². The molecule has 26 heavy (non-hydrogen) atoms. The highest BCUT2D eigenvalue weighted by atomic mass is 35.5. The molecule has 0 fully saturated rings. The number of aromatic nitrogens is 2. The molecule has 0 amide bonds. The largest absolute Gasteiger partial charge is 0.481 e. The molecule has 7 heteroatoms. The average molecular weight is 374 g/mol. The third kappa shape index (κ3) is 3.13. The maximum atomic E-state index is 11.4. The van der Waals surface area contributed by atoms with Crippen molar-refractivity contribution in [1.29, 1.82) is 0 Å². The summed E-state index contributed by atoms with van der Waals surface area (Å²) in [5.74, 6) is -0.212. The first-order valence-electron chi connectivity index (χ1n) is 8.21. The number of hydrogen-bond acceptors (Lipinski definition) is 4. The number of rotatable bonds is 4. The quantitative estimate of drug-likeness (QED) is 0.735. The summed E-state index contributed by atoms with van der Waals surface area (Å²) in [5.41, 5.74) is 4.47. The Morgan fingerprint density at radius 3 is 2.85 bits per heavy atom. The number of hydrogen-bond donors (Lipinski definition) is 2. The molecule has 2 aromatic heterocycles. The van der Waals surface area contributed by atoms with E-state index < -0.39 is 12.0 Å². The molecule has 0 bridgehead atoms. The van der Waals surface area contributed by atoms with E-state index in [1.54, 1.807) is 7.11 Å². The van der Waals surface area contributed by atoms with Crippen molar-refractivity contribution in [3.05, 3.63) is 59.4 Å². The third-order valence-corrected chi connectivity index (χ3v) is 4.76. The maximum Gasteiger partial charge on any atom is 0.321 e. The molecular formula is C19H20ClN3O3. The van der Waals surface area contributed by atoms with E-state index in [2.05, 4.69) is 27.0 Å². The van der Waals surface area contributed by atoms with E-state index in [1.807, 2.05) is 30.5 Å². The molecule has 0 saturated carbocycles. The van der Waals surface area contributed by atoms with E-state index in [9.17, 15) is 9.90 Å². The Labute approximate surface area is 157 Å². The Morgan fingerprint density at radius 2 is 2.15 bits per heavy atom. The zero-order valence-corrected chi connectivity index (χ0v) is 15.1. The summed E-state index contributed by atoms with van der Waals surface area (Å²) in [7, 11) is 1.60. The number of halogens is 1. The zero-order valence-electron chi connectivity index (χ0n) is 14.3. The number of nitrogens with one attached hydrogen (secondary N) is 1. The second-order valence-electron chi connectivity index (χ2n) is 6.21. The molecule has 1 aliphatic heterocycles. The van der Waals surface area contributed by atoms with Crippen LogP contribution >= 0.6 is 12.4 Å². The van der Waals surface area contributed by atoms with Gasteiger partial charge < -0.3 is 14.4 Å². The Morgan fingerprint density at radius 1 is 1.35 bits per heavy atom. The standard InChI is InChI=1S/C19H19N3O3.ClH/c1-25-18-7-6-12(9-21-18)11-22-16-5-3-2-4-13(16)14-8-15(19(23)24)20-10-17(14)22;/h2-7,9,15,20H,8,10-11H2,1H3,(H,23,24);1H/t15-;/m0./s1. The minimum atomic E-state index is -0.804. The zero-order chi connectivity index (χ0) is 17.4. The van der Waals surface area contributed by atoms with Gasteiger partial charge in [0.15, 0.2) is 0 Å². The summed E-state index contributed by atoms with van der Waals surface area (Å²) in [5, 5.41) is 13.6. The van der Waals surface area contributed by atoms with Crippen molar-refractivity contribution in [3.8, 4) is 5.88 Å². The maximum absolute atomic E-state index is 11.4. The van der Waals surface area contributed by atoms with Gasteiger partial charge in [-0.25, -0.2) is 4.98 Å². The van der Waals surface area contributed by atoms with Gasteiger partial charge in [0, 0.05) is 48.4 Å². The second-order valence-corrected chi connectivity index (χ2v) is 6.21. The molecule has 1 aliphatic rings. The molecular weight excluding hydrogens is 354 g/mol. The van der Waals surface area contributed by atoms with Gasteiger partial charge in [-0.1, -0.05) is 24.3 Å². The molecule has 136 valence electrons. The molecule has 4 rings (SSSR count). The van der Waals surface area contributed by atoms with Gasteiger partial charge in [0.2, 0.25) is 5.88 Å². The Kier molecular flexibility index (Phi) is 5.15. The first kappa shape index (κ1) is 18.2. The van der Waals surface area contributed by atoms with Crippen molar-refractivity contribution in [3.63, 3.8) is 0 Å². The second kappa shape index (κ2) is 7.35. The highest BCUT2D eigenvalue weighted by molar-refractivity contribution is 5.87. The van der Waals surface area contributed by atoms with Crippen LogP contribution in [0.2, 0.25) is 0 Å². The summed E-state index contributed by atoms with van der Waals surface area (Å²) in [6.07, 6.45) is 2.31. The fraction of sp³-hybridized carbons (Fsp3) is 0.263.